The lowest BCUT2D eigenvalue weighted by Gasteiger charge is -2.46. The summed E-state index contributed by atoms with van der Waals surface area (Å²) in [5, 5.41) is 0.678. The molecule has 0 bridgehead atoms. The fourth-order valence-electron chi connectivity index (χ4n) is 7.29. The summed E-state index contributed by atoms with van der Waals surface area (Å²) in [5.74, 6) is 1.01. The number of sulfonamides is 1. The lowest BCUT2D eigenvalue weighted by molar-refractivity contribution is 0.125. The standard InChI is InChI=1S/C30H36ClN3O5S3/c1-29(2,3)42(37,38)34-16-20(14-30(34)7-5-8-30)33-15-18-10-23(18)25-12-19(31)11-24(27(25)33)22-6-9-32-26-13-21(40-28(22)26)17-39-41(4,35)36/h6,9,11-13,18,20,23H,5,7-8,10,14-17H2,1-4H3/t18-,20?,23-/m1/s1. The molecule has 3 fully saturated rings. The second-order valence-electron chi connectivity index (χ2n) is 13.5. The Hall–Kier alpha value is -1.76. The minimum Gasteiger partial charge on any atom is -0.366 e. The molecular formula is C30H36ClN3O5S3. The van der Waals surface area contributed by atoms with Gasteiger partial charge < -0.3 is 4.90 Å². The van der Waals surface area contributed by atoms with Crippen molar-refractivity contribution in [2.75, 3.05) is 24.2 Å². The van der Waals surface area contributed by atoms with Crippen molar-refractivity contribution in [3.05, 3.63) is 45.9 Å². The van der Waals surface area contributed by atoms with Gasteiger partial charge in [0, 0.05) is 57.6 Å². The fourth-order valence-corrected chi connectivity index (χ4v) is 10.8. The van der Waals surface area contributed by atoms with E-state index < -0.39 is 24.9 Å². The topological polar surface area (TPSA) is 96.9 Å². The molecule has 3 aromatic rings. The van der Waals surface area contributed by atoms with Crippen molar-refractivity contribution in [1.82, 2.24) is 9.29 Å². The Morgan fingerprint density at radius 1 is 1.12 bits per heavy atom. The number of halogens is 1. The summed E-state index contributed by atoms with van der Waals surface area (Å²) < 4.78 is 58.0. The zero-order valence-electron chi connectivity index (χ0n) is 24.3. The largest absolute Gasteiger partial charge is 0.366 e. The number of fused-ring (bicyclic) bond motifs is 4. The van der Waals surface area contributed by atoms with Gasteiger partial charge in [-0.1, -0.05) is 11.6 Å². The van der Waals surface area contributed by atoms with E-state index in [1.165, 1.54) is 16.9 Å². The van der Waals surface area contributed by atoms with Crippen LogP contribution in [-0.2, 0) is 30.9 Å². The van der Waals surface area contributed by atoms with E-state index in [1.807, 2.05) is 22.5 Å². The molecule has 0 amide bonds. The van der Waals surface area contributed by atoms with Crippen molar-refractivity contribution in [3.63, 3.8) is 0 Å². The van der Waals surface area contributed by atoms with Crippen LogP contribution in [-0.4, -0.2) is 61.8 Å². The average molecular weight is 650 g/mol. The van der Waals surface area contributed by atoms with E-state index in [0.29, 0.717) is 23.4 Å². The van der Waals surface area contributed by atoms with Crippen LogP contribution < -0.4 is 4.90 Å². The number of thiophene rings is 1. The molecule has 2 saturated carbocycles. The molecule has 1 aromatic carbocycles. The second-order valence-corrected chi connectivity index (χ2v) is 19.3. The SMILES string of the molecule is CC(C)(C)S(=O)(=O)N1CC(N2C[C@H]3C[C@H]3c3cc(Cl)cc(-c4ccnc5cc(COS(C)(=O)=O)sc45)c32)CC12CCC2. The van der Waals surface area contributed by atoms with Gasteiger partial charge in [0.05, 0.1) is 21.2 Å². The van der Waals surface area contributed by atoms with Crippen molar-refractivity contribution >= 4 is 59.0 Å². The van der Waals surface area contributed by atoms with Crippen LogP contribution in [0.2, 0.25) is 5.02 Å². The van der Waals surface area contributed by atoms with Crippen LogP contribution in [0.15, 0.2) is 30.5 Å². The monoisotopic (exact) mass is 649 g/mol. The van der Waals surface area contributed by atoms with Gasteiger partial charge in [-0.25, -0.2) is 8.42 Å². The Bertz CT molecular complexity index is 1810. The number of hydrogen-bond donors (Lipinski definition) is 0. The first-order chi connectivity index (χ1) is 19.7. The van der Waals surface area contributed by atoms with Crippen molar-refractivity contribution in [2.45, 2.75) is 81.7 Å². The molecule has 7 rings (SSSR count). The van der Waals surface area contributed by atoms with Crippen LogP contribution in [0.3, 0.4) is 0 Å². The maximum absolute atomic E-state index is 13.8. The molecule has 8 nitrogen and oxygen atoms in total. The third kappa shape index (κ3) is 4.70. The first-order valence-corrected chi connectivity index (χ1v) is 19.0. The number of benzene rings is 1. The van der Waals surface area contributed by atoms with Crippen LogP contribution in [0.4, 0.5) is 5.69 Å². The Balaban J connectivity index is 1.33. The van der Waals surface area contributed by atoms with E-state index in [0.717, 1.165) is 76.8 Å². The Morgan fingerprint density at radius 3 is 2.55 bits per heavy atom. The van der Waals surface area contributed by atoms with E-state index in [4.69, 9.17) is 15.8 Å². The third-order valence-electron chi connectivity index (χ3n) is 9.62. The smallest absolute Gasteiger partial charge is 0.264 e. The quantitative estimate of drug-likeness (QED) is 0.296. The molecule has 3 atom stereocenters. The summed E-state index contributed by atoms with van der Waals surface area (Å²) in [6.45, 7) is 6.78. The first-order valence-electron chi connectivity index (χ1n) is 14.5. The van der Waals surface area contributed by atoms with Gasteiger partial charge in [0.15, 0.2) is 0 Å². The average Bonchev–Trinajstić information content (AvgIpc) is 3.35. The van der Waals surface area contributed by atoms with Gasteiger partial charge in [-0.2, -0.15) is 12.7 Å². The maximum Gasteiger partial charge on any atom is 0.264 e. The number of nitrogens with zero attached hydrogens (tertiary/aromatic N) is 3. The van der Waals surface area contributed by atoms with Crippen LogP contribution >= 0.6 is 22.9 Å². The molecule has 12 heteroatoms. The maximum atomic E-state index is 13.8. The Labute approximate surface area is 257 Å². The normalized spacial score (nSPS) is 25.5. The zero-order chi connectivity index (χ0) is 29.8. The highest BCUT2D eigenvalue weighted by Gasteiger charge is 2.59. The zero-order valence-corrected chi connectivity index (χ0v) is 27.5. The van der Waals surface area contributed by atoms with Crippen molar-refractivity contribution in [3.8, 4) is 11.1 Å². The van der Waals surface area contributed by atoms with E-state index in [-0.39, 0.29) is 18.2 Å². The van der Waals surface area contributed by atoms with Crippen LogP contribution in [0, 0.1) is 5.92 Å². The first kappa shape index (κ1) is 29.0. The van der Waals surface area contributed by atoms with Gasteiger partial charge in [-0.15, -0.1) is 11.3 Å². The summed E-state index contributed by atoms with van der Waals surface area (Å²) in [6, 6.07) is 8.08. The van der Waals surface area contributed by atoms with Crippen molar-refractivity contribution in [1.29, 1.82) is 0 Å². The molecule has 0 N–H and O–H groups in total. The van der Waals surface area contributed by atoms with Gasteiger partial charge >= 0.3 is 0 Å². The molecule has 42 heavy (non-hydrogen) atoms. The van der Waals surface area contributed by atoms with Crippen LogP contribution in [0.5, 0.6) is 0 Å². The molecule has 226 valence electrons. The molecule has 1 saturated heterocycles. The number of anilines is 1. The minimum atomic E-state index is -3.57. The van der Waals surface area contributed by atoms with Crippen molar-refractivity contribution < 1.29 is 21.0 Å². The third-order valence-corrected chi connectivity index (χ3v) is 14.2. The van der Waals surface area contributed by atoms with Crippen LogP contribution in [0.1, 0.15) is 69.2 Å². The Kier molecular flexibility index (Phi) is 6.64. The van der Waals surface area contributed by atoms with Gasteiger partial charge in [0.25, 0.3) is 10.1 Å². The van der Waals surface area contributed by atoms with Gasteiger partial charge in [0.1, 0.15) is 6.61 Å². The molecule has 4 heterocycles. The summed E-state index contributed by atoms with van der Waals surface area (Å²) in [7, 11) is -7.06. The minimum absolute atomic E-state index is 0.0366. The summed E-state index contributed by atoms with van der Waals surface area (Å²) >= 11 is 8.26. The van der Waals surface area contributed by atoms with E-state index in [2.05, 4.69) is 16.0 Å². The van der Waals surface area contributed by atoms with Gasteiger partial charge in [-0.05, 0) is 94.5 Å². The van der Waals surface area contributed by atoms with Gasteiger partial charge in [-0.3, -0.25) is 9.17 Å². The van der Waals surface area contributed by atoms with Gasteiger partial charge in [0.2, 0.25) is 10.0 Å². The highest BCUT2D eigenvalue weighted by Crippen LogP contribution is 2.60. The molecule has 2 aromatic heterocycles. The van der Waals surface area contributed by atoms with Crippen molar-refractivity contribution in [2.24, 2.45) is 5.92 Å². The summed E-state index contributed by atoms with van der Waals surface area (Å²) in [6.07, 6.45) is 7.66. The highest BCUT2D eigenvalue weighted by molar-refractivity contribution is 7.90. The molecule has 2 aliphatic heterocycles. The van der Waals surface area contributed by atoms with E-state index >= 15 is 0 Å². The molecule has 1 unspecified atom stereocenters. The Morgan fingerprint density at radius 2 is 1.88 bits per heavy atom. The molecule has 4 aliphatic rings. The van der Waals surface area contributed by atoms with Crippen LogP contribution in [0.25, 0.3) is 21.3 Å². The summed E-state index contributed by atoms with van der Waals surface area (Å²) in [4.78, 5) is 7.84. The second kappa shape index (κ2) is 9.62. The lowest BCUT2D eigenvalue weighted by atomic mass is 9.75. The predicted octanol–water partition coefficient (Wildman–Crippen LogP) is 6.14. The number of pyridine rings is 1. The molecule has 1 spiro atoms. The number of aromatic nitrogens is 1. The fraction of sp³-hybridized carbons (Fsp3) is 0.567. The molecule has 2 aliphatic carbocycles. The molecular weight excluding hydrogens is 614 g/mol. The molecule has 0 radical (unpaired) electrons. The van der Waals surface area contributed by atoms with E-state index in [9.17, 15) is 16.8 Å². The predicted molar refractivity (Wildman–Crippen MR) is 168 cm³/mol. The number of hydrogen-bond acceptors (Lipinski definition) is 8. The van der Waals surface area contributed by atoms with E-state index in [1.54, 1.807) is 27.0 Å². The number of rotatable bonds is 6. The lowest BCUT2D eigenvalue weighted by Crippen LogP contribution is -2.56. The summed E-state index contributed by atoms with van der Waals surface area (Å²) in [5.41, 5.74) is 4.90. The highest BCUT2D eigenvalue weighted by atomic mass is 35.5.